The lowest BCUT2D eigenvalue weighted by Gasteiger charge is -2.30. The Balaban J connectivity index is 1.76. The number of pyridine rings is 1. The van der Waals surface area contributed by atoms with Crippen molar-refractivity contribution in [2.24, 2.45) is 0 Å². The molecule has 0 saturated carbocycles. The number of thiocarbonyl (C=S) groups is 1. The number of hydrogen-bond acceptors (Lipinski definition) is 3. The van der Waals surface area contributed by atoms with Gasteiger partial charge in [0.2, 0.25) is 0 Å². The van der Waals surface area contributed by atoms with Crippen LogP contribution in [0.3, 0.4) is 0 Å². The van der Waals surface area contributed by atoms with E-state index in [0.29, 0.717) is 0 Å². The highest BCUT2D eigenvalue weighted by Crippen LogP contribution is 2.42. The SMILES string of the molecule is Cc1[nH]c(C)c([C@H]2[C@@H](c3ccccn3)NC(=S)N2C[C@@H]2CCCO2)c1I. The number of nitrogens with zero attached hydrogens (tertiary/aromatic N) is 2. The number of rotatable bonds is 4. The molecule has 2 aliphatic heterocycles. The average Bonchev–Trinajstić information content (AvgIpc) is 3.31. The van der Waals surface area contributed by atoms with Gasteiger partial charge in [-0.25, -0.2) is 0 Å². The van der Waals surface area contributed by atoms with Crippen LogP contribution in [0.15, 0.2) is 24.4 Å². The first kappa shape index (κ1) is 18.2. The molecule has 2 aromatic rings. The van der Waals surface area contributed by atoms with Crippen LogP contribution in [-0.2, 0) is 4.74 Å². The molecule has 3 atom stereocenters. The van der Waals surface area contributed by atoms with E-state index in [1.165, 1.54) is 20.5 Å². The number of nitrogens with one attached hydrogen (secondary N) is 2. The number of halogens is 1. The first-order chi connectivity index (χ1) is 12.6. The molecule has 5 nitrogen and oxygen atoms in total. The summed E-state index contributed by atoms with van der Waals surface area (Å²) in [6, 6.07) is 6.20. The van der Waals surface area contributed by atoms with Gasteiger partial charge in [-0.05, 0) is 73.6 Å². The molecular formula is C19H23IN4OS. The van der Waals surface area contributed by atoms with Crippen LogP contribution in [0.4, 0.5) is 0 Å². The summed E-state index contributed by atoms with van der Waals surface area (Å²) in [4.78, 5) is 10.4. The van der Waals surface area contributed by atoms with Crippen LogP contribution in [0.5, 0.6) is 0 Å². The van der Waals surface area contributed by atoms with Crippen molar-refractivity contribution in [1.29, 1.82) is 0 Å². The van der Waals surface area contributed by atoms with E-state index in [2.05, 4.69) is 62.7 Å². The van der Waals surface area contributed by atoms with Crippen molar-refractivity contribution in [3.05, 3.63) is 50.6 Å². The molecule has 0 amide bonds. The molecule has 2 aliphatic rings. The molecule has 2 saturated heterocycles. The van der Waals surface area contributed by atoms with Gasteiger partial charge in [0.15, 0.2) is 5.11 Å². The van der Waals surface area contributed by atoms with Crippen molar-refractivity contribution < 1.29 is 4.74 Å². The van der Waals surface area contributed by atoms with Gasteiger partial charge in [0.05, 0.1) is 23.9 Å². The van der Waals surface area contributed by atoms with Crippen LogP contribution >= 0.6 is 34.8 Å². The Morgan fingerprint density at radius 3 is 2.81 bits per heavy atom. The molecule has 2 fully saturated rings. The van der Waals surface area contributed by atoms with Gasteiger partial charge in [-0.3, -0.25) is 4.98 Å². The Kier molecular flexibility index (Phi) is 5.20. The zero-order valence-corrected chi connectivity index (χ0v) is 17.9. The van der Waals surface area contributed by atoms with E-state index >= 15 is 0 Å². The van der Waals surface area contributed by atoms with E-state index in [0.717, 1.165) is 36.8 Å². The number of ether oxygens (including phenoxy) is 1. The molecule has 0 aliphatic carbocycles. The predicted molar refractivity (Wildman–Crippen MR) is 114 cm³/mol. The predicted octanol–water partition coefficient (Wildman–Crippen LogP) is 3.78. The summed E-state index contributed by atoms with van der Waals surface area (Å²) in [5.74, 6) is 0. The summed E-state index contributed by atoms with van der Waals surface area (Å²) in [5.41, 5.74) is 4.72. The maximum atomic E-state index is 5.90. The van der Waals surface area contributed by atoms with E-state index in [9.17, 15) is 0 Å². The van der Waals surface area contributed by atoms with Gasteiger partial charge in [-0.2, -0.15) is 0 Å². The summed E-state index contributed by atoms with van der Waals surface area (Å²) in [6.07, 6.45) is 4.33. The van der Waals surface area contributed by atoms with Crippen LogP contribution in [0.1, 0.15) is 47.6 Å². The lowest BCUT2D eigenvalue weighted by Crippen LogP contribution is -2.36. The Bertz CT molecular complexity index is 803. The molecule has 0 bridgehead atoms. The standard InChI is InChI=1S/C19H23IN4OS/c1-11-15(16(20)12(2)22-11)18-17(14-7-3-4-8-21-14)23-19(26)24(18)10-13-6-5-9-25-13/h3-4,7-8,13,17-18,22H,5-6,9-10H2,1-2H3,(H,23,26)/t13-,17+,18-/m0/s1. The molecule has 0 aromatic carbocycles. The molecule has 2 N–H and O–H groups in total. The highest BCUT2D eigenvalue weighted by Gasteiger charge is 2.43. The van der Waals surface area contributed by atoms with Crippen LogP contribution in [0.2, 0.25) is 0 Å². The van der Waals surface area contributed by atoms with Gasteiger partial charge in [-0.1, -0.05) is 6.07 Å². The number of H-pyrrole nitrogens is 1. The van der Waals surface area contributed by atoms with E-state index in [1.54, 1.807) is 0 Å². The lowest BCUT2D eigenvalue weighted by atomic mass is 9.96. The van der Waals surface area contributed by atoms with Crippen molar-refractivity contribution in [1.82, 2.24) is 20.2 Å². The van der Waals surface area contributed by atoms with Crippen molar-refractivity contribution in [2.45, 2.75) is 44.9 Å². The lowest BCUT2D eigenvalue weighted by molar-refractivity contribution is 0.0841. The minimum atomic E-state index is 0.0347. The number of aromatic amines is 1. The van der Waals surface area contributed by atoms with E-state index in [1.807, 2.05) is 18.3 Å². The molecule has 4 rings (SSSR count). The van der Waals surface area contributed by atoms with Crippen molar-refractivity contribution in [3.63, 3.8) is 0 Å². The fraction of sp³-hybridized carbons (Fsp3) is 0.474. The second kappa shape index (κ2) is 7.44. The summed E-state index contributed by atoms with van der Waals surface area (Å²) >= 11 is 8.19. The van der Waals surface area contributed by atoms with E-state index < -0.39 is 0 Å². The molecule has 4 heterocycles. The Morgan fingerprint density at radius 2 is 2.19 bits per heavy atom. The molecule has 26 heavy (non-hydrogen) atoms. The zero-order valence-electron chi connectivity index (χ0n) is 15.0. The summed E-state index contributed by atoms with van der Waals surface area (Å²) in [6.45, 7) is 5.94. The van der Waals surface area contributed by atoms with E-state index in [4.69, 9.17) is 17.0 Å². The van der Waals surface area contributed by atoms with Gasteiger partial charge in [0.1, 0.15) is 0 Å². The van der Waals surface area contributed by atoms with Crippen molar-refractivity contribution >= 4 is 39.9 Å². The van der Waals surface area contributed by atoms with E-state index in [-0.39, 0.29) is 18.2 Å². The van der Waals surface area contributed by atoms with Crippen LogP contribution in [0, 0.1) is 17.4 Å². The van der Waals surface area contributed by atoms with Gasteiger partial charge in [0.25, 0.3) is 0 Å². The second-order valence-corrected chi connectivity index (χ2v) is 8.48. The minimum Gasteiger partial charge on any atom is -0.376 e. The third-order valence-corrected chi connectivity index (χ3v) is 7.01. The summed E-state index contributed by atoms with van der Waals surface area (Å²) < 4.78 is 7.17. The topological polar surface area (TPSA) is 53.2 Å². The quantitative estimate of drug-likeness (QED) is 0.513. The number of aromatic nitrogens is 2. The van der Waals surface area contributed by atoms with Crippen LogP contribution in [0.25, 0.3) is 0 Å². The molecule has 0 spiro atoms. The first-order valence-corrected chi connectivity index (χ1v) is 10.5. The van der Waals surface area contributed by atoms with Gasteiger partial charge in [0, 0.05) is 39.9 Å². The molecule has 7 heteroatoms. The first-order valence-electron chi connectivity index (χ1n) is 9.00. The Morgan fingerprint density at radius 1 is 1.35 bits per heavy atom. The van der Waals surface area contributed by atoms with Crippen LogP contribution in [-0.4, -0.2) is 39.2 Å². The highest BCUT2D eigenvalue weighted by atomic mass is 127. The summed E-state index contributed by atoms with van der Waals surface area (Å²) in [7, 11) is 0. The largest absolute Gasteiger partial charge is 0.376 e. The van der Waals surface area contributed by atoms with Crippen molar-refractivity contribution in [2.75, 3.05) is 13.2 Å². The highest BCUT2D eigenvalue weighted by molar-refractivity contribution is 14.1. The maximum absolute atomic E-state index is 5.90. The molecule has 0 radical (unpaired) electrons. The third kappa shape index (κ3) is 3.25. The normalized spacial score (nSPS) is 25.7. The van der Waals surface area contributed by atoms with Crippen LogP contribution < -0.4 is 5.32 Å². The third-order valence-electron chi connectivity index (χ3n) is 5.26. The Hall–Kier alpha value is -1.19. The maximum Gasteiger partial charge on any atom is 0.170 e. The smallest absolute Gasteiger partial charge is 0.170 e. The molecule has 138 valence electrons. The monoisotopic (exact) mass is 482 g/mol. The molecule has 2 aromatic heterocycles. The molecular weight excluding hydrogens is 459 g/mol. The van der Waals surface area contributed by atoms with Gasteiger partial charge < -0.3 is 19.9 Å². The summed E-state index contributed by atoms with van der Waals surface area (Å²) in [5, 5.41) is 4.32. The zero-order chi connectivity index (χ0) is 18.3. The van der Waals surface area contributed by atoms with Gasteiger partial charge in [-0.15, -0.1) is 0 Å². The van der Waals surface area contributed by atoms with Crippen molar-refractivity contribution in [3.8, 4) is 0 Å². The molecule has 0 unspecified atom stereocenters. The fourth-order valence-electron chi connectivity index (χ4n) is 4.05. The average molecular weight is 482 g/mol. The van der Waals surface area contributed by atoms with Gasteiger partial charge >= 0.3 is 0 Å². The number of aryl methyl sites for hydroxylation is 2. The minimum absolute atomic E-state index is 0.0347. The second-order valence-electron chi connectivity index (χ2n) is 7.02. The Labute approximate surface area is 173 Å². The number of hydrogen-bond donors (Lipinski definition) is 2. The fourth-order valence-corrected chi connectivity index (χ4v) is 5.22.